The van der Waals surface area contributed by atoms with E-state index in [0.29, 0.717) is 17.1 Å². The zero-order chi connectivity index (χ0) is 24.5. The van der Waals surface area contributed by atoms with Crippen molar-refractivity contribution >= 4 is 21.7 Å². The maximum absolute atomic E-state index is 14.2. The summed E-state index contributed by atoms with van der Waals surface area (Å²) in [4.78, 5) is 12.7. The van der Waals surface area contributed by atoms with Crippen molar-refractivity contribution in [1.29, 1.82) is 0 Å². The van der Waals surface area contributed by atoms with Crippen LogP contribution in [0.3, 0.4) is 0 Å². The van der Waals surface area contributed by atoms with Crippen LogP contribution in [-0.4, -0.2) is 34.5 Å². The summed E-state index contributed by atoms with van der Waals surface area (Å²) in [7, 11) is -4.04. The summed E-state index contributed by atoms with van der Waals surface area (Å²) in [5, 5.41) is 13.6. The van der Waals surface area contributed by atoms with Crippen LogP contribution in [0.4, 0.5) is 10.1 Å². The third-order valence-electron chi connectivity index (χ3n) is 4.99. The quantitative estimate of drug-likeness (QED) is 0.417. The number of rotatable bonds is 6. The molecule has 9 nitrogen and oxygen atoms in total. The average molecular weight is 482 g/mol. The Bertz CT molecular complexity index is 1480. The lowest BCUT2D eigenvalue weighted by molar-refractivity contribution is 0.102. The molecule has 0 aliphatic carbocycles. The molecule has 0 spiro atoms. The minimum atomic E-state index is -4.04. The number of benzene rings is 3. The predicted molar refractivity (Wildman–Crippen MR) is 122 cm³/mol. The van der Waals surface area contributed by atoms with Crippen LogP contribution in [0.2, 0.25) is 0 Å². The van der Waals surface area contributed by atoms with Crippen molar-refractivity contribution in [3.8, 4) is 11.4 Å². The minimum absolute atomic E-state index is 0.0654. The SMILES string of the molecule is Cc1ccc(C)c(S(=O)(=O)Oc2ccc(C(=O)Nc3ccc(F)c(-n4nnnc4C)c3)cc2)c1. The normalized spacial score (nSPS) is 11.3. The van der Waals surface area contributed by atoms with Gasteiger partial charge in [0.05, 0.1) is 0 Å². The zero-order valence-electron chi connectivity index (χ0n) is 18.5. The third-order valence-corrected chi connectivity index (χ3v) is 6.38. The number of hydrogen-bond donors (Lipinski definition) is 1. The van der Waals surface area contributed by atoms with Crippen molar-refractivity contribution in [2.75, 3.05) is 5.32 Å². The predicted octanol–water partition coefficient (Wildman–Crippen LogP) is 3.75. The van der Waals surface area contributed by atoms with Crippen LogP contribution < -0.4 is 9.50 Å². The molecule has 1 heterocycles. The van der Waals surface area contributed by atoms with Gasteiger partial charge in [0.1, 0.15) is 22.1 Å². The molecule has 0 radical (unpaired) electrons. The third kappa shape index (κ3) is 4.79. The fourth-order valence-corrected chi connectivity index (χ4v) is 4.47. The Balaban J connectivity index is 1.50. The van der Waals surface area contributed by atoms with Crippen molar-refractivity contribution in [2.45, 2.75) is 25.7 Å². The summed E-state index contributed by atoms with van der Waals surface area (Å²) in [5.41, 5.74) is 2.02. The lowest BCUT2D eigenvalue weighted by Crippen LogP contribution is -2.14. The van der Waals surface area contributed by atoms with E-state index in [2.05, 4.69) is 20.8 Å². The van der Waals surface area contributed by atoms with E-state index in [9.17, 15) is 17.6 Å². The second-order valence-electron chi connectivity index (χ2n) is 7.59. The first-order valence-electron chi connectivity index (χ1n) is 10.1. The second-order valence-corrected chi connectivity index (χ2v) is 9.10. The Hall–Kier alpha value is -4.12. The molecule has 0 fully saturated rings. The van der Waals surface area contributed by atoms with Crippen molar-refractivity contribution in [2.24, 2.45) is 0 Å². The van der Waals surface area contributed by atoms with Gasteiger partial charge in [-0.15, -0.1) is 5.10 Å². The maximum Gasteiger partial charge on any atom is 0.339 e. The summed E-state index contributed by atoms with van der Waals surface area (Å²) in [6.45, 7) is 5.10. The molecule has 0 aliphatic rings. The standard InChI is InChI=1S/C23H20FN5O4S/c1-14-4-5-15(2)22(12-14)34(31,32)33-19-9-6-17(7-10-19)23(30)25-18-8-11-20(24)21(13-18)29-16(3)26-27-28-29/h4-13H,1-3H3,(H,25,30). The number of carbonyl (C=O) groups is 1. The van der Waals surface area contributed by atoms with Crippen molar-refractivity contribution < 1.29 is 21.8 Å². The molecule has 3 aromatic carbocycles. The van der Waals surface area contributed by atoms with E-state index >= 15 is 0 Å². The first-order chi connectivity index (χ1) is 16.1. The number of nitrogens with zero attached hydrogens (tertiary/aromatic N) is 4. The highest BCUT2D eigenvalue weighted by Crippen LogP contribution is 2.24. The van der Waals surface area contributed by atoms with Crippen LogP contribution in [-0.2, 0) is 10.1 Å². The summed E-state index contributed by atoms with van der Waals surface area (Å²) in [6.07, 6.45) is 0. The van der Waals surface area contributed by atoms with E-state index in [1.807, 2.05) is 6.07 Å². The van der Waals surface area contributed by atoms with E-state index in [1.165, 1.54) is 47.1 Å². The molecule has 11 heteroatoms. The Morgan fingerprint density at radius 3 is 2.41 bits per heavy atom. The van der Waals surface area contributed by atoms with Crippen molar-refractivity contribution in [3.63, 3.8) is 0 Å². The van der Waals surface area contributed by atoms with E-state index in [-0.39, 0.29) is 21.9 Å². The molecular weight excluding hydrogens is 461 g/mol. The van der Waals surface area contributed by atoms with Gasteiger partial charge in [-0.25, -0.2) is 4.39 Å². The molecule has 4 rings (SSSR count). The summed E-state index contributed by atoms with van der Waals surface area (Å²) >= 11 is 0. The van der Waals surface area contributed by atoms with Crippen LogP contribution in [0.15, 0.2) is 65.6 Å². The van der Waals surface area contributed by atoms with Crippen molar-refractivity contribution in [1.82, 2.24) is 20.2 Å². The molecule has 0 saturated carbocycles. The Morgan fingerprint density at radius 2 is 1.74 bits per heavy atom. The van der Waals surface area contributed by atoms with Gasteiger partial charge in [0, 0.05) is 11.3 Å². The highest BCUT2D eigenvalue weighted by atomic mass is 32.2. The number of amides is 1. The Kier molecular flexibility index (Phi) is 6.12. The first kappa shape index (κ1) is 23.1. The molecule has 1 aromatic heterocycles. The van der Waals surface area contributed by atoms with Gasteiger partial charge in [-0.1, -0.05) is 12.1 Å². The topological polar surface area (TPSA) is 116 Å². The van der Waals surface area contributed by atoms with Crippen LogP contribution in [0.25, 0.3) is 5.69 Å². The molecule has 0 aliphatic heterocycles. The largest absolute Gasteiger partial charge is 0.379 e. The number of hydrogen-bond acceptors (Lipinski definition) is 7. The highest BCUT2D eigenvalue weighted by molar-refractivity contribution is 7.87. The molecule has 1 amide bonds. The summed E-state index contributed by atoms with van der Waals surface area (Å²) in [5.74, 6) is -0.584. The minimum Gasteiger partial charge on any atom is -0.379 e. The lowest BCUT2D eigenvalue weighted by atomic mass is 10.2. The molecular formula is C23H20FN5O4S. The molecule has 4 aromatic rings. The Morgan fingerprint density at radius 1 is 1.00 bits per heavy atom. The molecule has 34 heavy (non-hydrogen) atoms. The van der Waals surface area contributed by atoms with Crippen LogP contribution in [0, 0.1) is 26.6 Å². The number of aromatic nitrogens is 4. The molecule has 0 saturated heterocycles. The molecule has 0 atom stereocenters. The number of aryl methyl sites for hydroxylation is 3. The summed E-state index contributed by atoms with van der Waals surface area (Å²) < 4.78 is 46.0. The van der Waals surface area contributed by atoms with E-state index in [4.69, 9.17) is 4.18 Å². The van der Waals surface area contributed by atoms with Gasteiger partial charge in [-0.3, -0.25) is 4.79 Å². The number of carbonyl (C=O) groups excluding carboxylic acids is 1. The van der Waals surface area contributed by atoms with Gasteiger partial charge in [-0.2, -0.15) is 13.1 Å². The maximum atomic E-state index is 14.2. The first-order valence-corrected chi connectivity index (χ1v) is 11.5. The Labute approximate surface area is 195 Å². The zero-order valence-corrected chi connectivity index (χ0v) is 19.3. The fraction of sp³-hybridized carbons (Fsp3) is 0.130. The number of nitrogens with one attached hydrogen (secondary N) is 1. The molecule has 0 bridgehead atoms. The number of anilines is 1. The van der Waals surface area contributed by atoms with Gasteiger partial charge in [-0.05, 0) is 90.9 Å². The molecule has 1 N–H and O–H groups in total. The van der Waals surface area contributed by atoms with Crippen LogP contribution in [0.5, 0.6) is 5.75 Å². The van der Waals surface area contributed by atoms with Crippen molar-refractivity contribution in [3.05, 3.63) is 89.0 Å². The second kappa shape index (κ2) is 9.02. The average Bonchev–Trinajstić information content (AvgIpc) is 3.22. The van der Waals surface area contributed by atoms with Crippen LogP contribution >= 0.6 is 0 Å². The monoisotopic (exact) mass is 481 g/mol. The fourth-order valence-electron chi connectivity index (χ4n) is 3.22. The molecule has 0 unspecified atom stereocenters. The van der Waals surface area contributed by atoms with Gasteiger partial charge in [0.2, 0.25) is 0 Å². The molecule has 174 valence electrons. The number of halogens is 1. The van der Waals surface area contributed by atoms with Crippen LogP contribution in [0.1, 0.15) is 27.3 Å². The highest BCUT2D eigenvalue weighted by Gasteiger charge is 2.20. The van der Waals surface area contributed by atoms with E-state index in [0.717, 1.165) is 5.56 Å². The smallest absolute Gasteiger partial charge is 0.339 e. The lowest BCUT2D eigenvalue weighted by Gasteiger charge is -2.11. The summed E-state index contributed by atoms with van der Waals surface area (Å²) in [6, 6.07) is 14.7. The van der Waals surface area contributed by atoms with E-state index < -0.39 is 21.8 Å². The van der Waals surface area contributed by atoms with E-state index in [1.54, 1.807) is 32.9 Å². The number of tetrazole rings is 1. The van der Waals surface area contributed by atoms with Gasteiger partial charge >= 0.3 is 10.1 Å². The van der Waals surface area contributed by atoms with Gasteiger partial charge < -0.3 is 9.50 Å². The van der Waals surface area contributed by atoms with Gasteiger partial charge in [0.15, 0.2) is 5.82 Å². The van der Waals surface area contributed by atoms with Gasteiger partial charge in [0.25, 0.3) is 5.91 Å².